The number of furan rings is 1. The second-order valence-electron chi connectivity index (χ2n) is 6.47. The van der Waals surface area contributed by atoms with E-state index in [9.17, 15) is 9.90 Å². The van der Waals surface area contributed by atoms with Crippen molar-refractivity contribution < 1.29 is 14.3 Å². The fourth-order valence-electron chi connectivity index (χ4n) is 2.79. The highest BCUT2D eigenvalue weighted by molar-refractivity contribution is 9.10. The zero-order chi connectivity index (χ0) is 21.8. The fourth-order valence-corrected chi connectivity index (χ4v) is 4.32. The van der Waals surface area contributed by atoms with Crippen LogP contribution in [0.2, 0.25) is 5.02 Å². The first-order valence-electron chi connectivity index (χ1n) is 9.08. The van der Waals surface area contributed by atoms with Crippen molar-refractivity contribution in [2.45, 2.75) is 6.54 Å². The number of carbonyl (C=O) groups is 1. The number of rotatable bonds is 5. The molecule has 0 aliphatic carbocycles. The number of phenols is 1. The molecule has 6 nitrogen and oxygen atoms in total. The van der Waals surface area contributed by atoms with Gasteiger partial charge in [-0.25, -0.2) is 0 Å². The van der Waals surface area contributed by atoms with Crippen LogP contribution in [-0.2, 0) is 11.3 Å². The molecule has 0 unspecified atom stereocenters. The summed E-state index contributed by atoms with van der Waals surface area (Å²) in [4.78, 5) is 14.9. The maximum atomic E-state index is 13.1. The molecule has 1 N–H and O–H groups in total. The van der Waals surface area contributed by atoms with Crippen LogP contribution in [0.5, 0.6) is 5.75 Å². The first-order valence-corrected chi connectivity index (χ1v) is 11.1. The summed E-state index contributed by atoms with van der Waals surface area (Å²) in [6.07, 6.45) is 4.74. The van der Waals surface area contributed by atoms with E-state index in [1.54, 1.807) is 42.8 Å². The molecule has 1 aromatic heterocycles. The Balaban J connectivity index is 1.65. The van der Waals surface area contributed by atoms with E-state index in [1.807, 2.05) is 24.3 Å². The lowest BCUT2D eigenvalue weighted by Crippen LogP contribution is -2.28. The number of hydrogen-bond donors (Lipinski definition) is 1. The minimum atomic E-state index is -0.266. The molecule has 156 valence electrons. The smallest absolute Gasteiger partial charge is 0.267 e. The normalized spacial score (nSPS) is 16.8. The van der Waals surface area contributed by atoms with Gasteiger partial charge in [-0.1, -0.05) is 39.7 Å². The van der Waals surface area contributed by atoms with Gasteiger partial charge in [0.15, 0.2) is 5.17 Å². The molecule has 1 aliphatic rings. The number of aromatic hydroxyl groups is 1. The number of benzene rings is 2. The van der Waals surface area contributed by atoms with Crippen molar-refractivity contribution in [1.82, 2.24) is 4.90 Å². The van der Waals surface area contributed by atoms with Gasteiger partial charge in [-0.3, -0.25) is 9.69 Å². The molecule has 1 saturated heterocycles. The van der Waals surface area contributed by atoms with Crippen LogP contribution in [0.3, 0.4) is 0 Å². The number of amidine groups is 1. The van der Waals surface area contributed by atoms with Crippen molar-refractivity contribution >= 4 is 62.7 Å². The topological polar surface area (TPSA) is 78.4 Å². The van der Waals surface area contributed by atoms with E-state index in [4.69, 9.17) is 16.0 Å². The number of hydrogen-bond acceptors (Lipinski definition) is 6. The molecule has 1 amide bonds. The molecule has 1 aliphatic heterocycles. The van der Waals surface area contributed by atoms with E-state index >= 15 is 0 Å². The minimum Gasteiger partial charge on any atom is -0.507 e. The average molecular weight is 517 g/mol. The third-order valence-corrected chi connectivity index (χ3v) is 5.98. The molecule has 2 aromatic carbocycles. The van der Waals surface area contributed by atoms with Crippen molar-refractivity contribution in [3.63, 3.8) is 0 Å². The highest BCUT2D eigenvalue weighted by Crippen LogP contribution is 2.35. The Bertz CT molecular complexity index is 1210. The predicted octanol–water partition coefficient (Wildman–Crippen LogP) is 5.91. The first-order chi connectivity index (χ1) is 15.0. The molecule has 4 rings (SSSR count). The number of thioether (sulfide) groups is 1. The summed E-state index contributed by atoms with van der Waals surface area (Å²) >= 11 is 10.6. The molecule has 0 radical (unpaired) electrons. The molecule has 0 bridgehead atoms. The van der Waals surface area contributed by atoms with E-state index in [1.165, 1.54) is 22.7 Å². The monoisotopic (exact) mass is 515 g/mol. The minimum absolute atomic E-state index is 0.0287. The van der Waals surface area contributed by atoms with Gasteiger partial charge in [-0.15, -0.1) is 5.10 Å². The van der Waals surface area contributed by atoms with E-state index in [2.05, 4.69) is 26.1 Å². The summed E-state index contributed by atoms with van der Waals surface area (Å²) in [6, 6.07) is 15.8. The Morgan fingerprint density at radius 1 is 1.19 bits per heavy atom. The number of amides is 1. The lowest BCUT2D eigenvalue weighted by Gasteiger charge is -2.12. The third-order valence-electron chi connectivity index (χ3n) is 4.26. The molecular formula is C22H15BrClN3O3S. The highest BCUT2D eigenvalue weighted by atomic mass is 79.9. The summed E-state index contributed by atoms with van der Waals surface area (Å²) in [5, 5.41) is 19.4. The SMILES string of the molecule is O=C1/C(=C/c2cc(Cl)ccc2O)S/C(=N\N=C\c2cccc(Br)c2)N1Cc1ccco1. The highest BCUT2D eigenvalue weighted by Gasteiger charge is 2.34. The Kier molecular flexibility index (Phi) is 6.60. The Morgan fingerprint density at radius 3 is 2.84 bits per heavy atom. The number of halogens is 2. The largest absolute Gasteiger partial charge is 0.507 e. The van der Waals surface area contributed by atoms with Crippen molar-refractivity contribution in [1.29, 1.82) is 0 Å². The molecule has 0 atom stereocenters. The molecule has 3 aromatic rings. The molecule has 1 fully saturated rings. The van der Waals surface area contributed by atoms with Crippen molar-refractivity contribution in [2.75, 3.05) is 0 Å². The zero-order valence-corrected chi connectivity index (χ0v) is 19.1. The van der Waals surface area contributed by atoms with Crippen molar-refractivity contribution in [3.05, 3.63) is 92.1 Å². The Labute approximate surface area is 196 Å². The van der Waals surface area contributed by atoms with E-state index in [0.29, 0.717) is 26.4 Å². The van der Waals surface area contributed by atoms with Crippen molar-refractivity contribution in [3.8, 4) is 5.75 Å². The summed E-state index contributed by atoms with van der Waals surface area (Å²) < 4.78 is 6.32. The van der Waals surface area contributed by atoms with Gasteiger partial charge in [0, 0.05) is 15.1 Å². The van der Waals surface area contributed by atoms with Gasteiger partial charge in [-0.05, 0) is 65.9 Å². The maximum Gasteiger partial charge on any atom is 0.267 e. The van der Waals surface area contributed by atoms with Crippen LogP contribution < -0.4 is 0 Å². The molecule has 31 heavy (non-hydrogen) atoms. The Hall–Kier alpha value is -2.81. The zero-order valence-electron chi connectivity index (χ0n) is 15.9. The van der Waals surface area contributed by atoms with Gasteiger partial charge in [0.25, 0.3) is 5.91 Å². The summed E-state index contributed by atoms with van der Waals surface area (Å²) in [6.45, 7) is 0.211. The maximum absolute atomic E-state index is 13.1. The van der Waals surface area contributed by atoms with Crippen LogP contribution >= 0.6 is 39.3 Å². The third kappa shape index (κ3) is 5.28. The molecule has 9 heteroatoms. The second-order valence-corrected chi connectivity index (χ2v) is 8.83. The van der Waals surface area contributed by atoms with Gasteiger partial charge in [0.2, 0.25) is 0 Å². The summed E-state index contributed by atoms with van der Waals surface area (Å²) in [7, 11) is 0. The van der Waals surface area contributed by atoms with E-state index < -0.39 is 0 Å². The molecule has 0 spiro atoms. The van der Waals surface area contributed by atoms with Gasteiger partial charge >= 0.3 is 0 Å². The number of carbonyl (C=O) groups excluding carboxylic acids is 1. The quantitative estimate of drug-likeness (QED) is 0.260. The molecular weight excluding hydrogens is 502 g/mol. The number of nitrogens with zero attached hydrogens (tertiary/aromatic N) is 3. The average Bonchev–Trinajstić information content (AvgIpc) is 3.35. The van der Waals surface area contributed by atoms with Gasteiger partial charge in [-0.2, -0.15) is 5.10 Å². The van der Waals surface area contributed by atoms with Crippen molar-refractivity contribution in [2.24, 2.45) is 10.2 Å². The van der Waals surface area contributed by atoms with E-state index in [-0.39, 0.29) is 18.2 Å². The van der Waals surface area contributed by atoms with Crippen LogP contribution in [0.15, 0.2) is 84.9 Å². The lowest BCUT2D eigenvalue weighted by molar-refractivity contribution is -0.122. The second kappa shape index (κ2) is 9.55. The van der Waals surface area contributed by atoms with E-state index in [0.717, 1.165) is 10.0 Å². The predicted molar refractivity (Wildman–Crippen MR) is 127 cm³/mol. The van der Waals surface area contributed by atoms with Crippen LogP contribution in [0.1, 0.15) is 16.9 Å². The Morgan fingerprint density at radius 2 is 2.06 bits per heavy atom. The van der Waals surface area contributed by atoms with Crippen LogP contribution in [-0.4, -0.2) is 27.3 Å². The number of phenolic OH excluding ortho intramolecular Hbond substituents is 1. The molecule has 0 saturated carbocycles. The van der Waals surface area contributed by atoms with Crippen LogP contribution in [0.4, 0.5) is 0 Å². The first kappa shape index (κ1) is 21.4. The van der Waals surface area contributed by atoms with Crippen LogP contribution in [0, 0.1) is 0 Å². The van der Waals surface area contributed by atoms with Gasteiger partial charge in [0.1, 0.15) is 11.5 Å². The lowest BCUT2D eigenvalue weighted by atomic mass is 10.2. The summed E-state index contributed by atoms with van der Waals surface area (Å²) in [5.41, 5.74) is 1.31. The fraction of sp³-hybridized carbons (Fsp3) is 0.0455. The summed E-state index contributed by atoms with van der Waals surface area (Å²) in [5.74, 6) is 0.377. The van der Waals surface area contributed by atoms with Gasteiger partial charge < -0.3 is 9.52 Å². The standard InChI is InChI=1S/C22H15BrClN3O3S/c23-16-4-1-3-14(9-16)12-25-26-22-27(13-18-5-2-8-30-18)21(29)20(31-22)11-15-10-17(24)6-7-19(15)28/h1-12,28H,13H2/b20-11-,25-12+,26-22-. The van der Waals surface area contributed by atoms with Crippen LogP contribution in [0.25, 0.3) is 6.08 Å². The van der Waals surface area contributed by atoms with Gasteiger partial charge in [0.05, 0.1) is 23.9 Å². The molecule has 2 heterocycles.